The van der Waals surface area contributed by atoms with Crippen LogP contribution in [0.1, 0.15) is 5.56 Å². The Morgan fingerprint density at radius 2 is 1.55 bits per heavy atom. The largest absolute Gasteiger partial charge is 0.486 e. The normalized spacial score (nSPS) is 12.0. The number of hydrogen-bond donors (Lipinski definition) is 1. The highest BCUT2D eigenvalue weighted by Gasteiger charge is 2.14. The van der Waals surface area contributed by atoms with Gasteiger partial charge in [0.05, 0.1) is 6.42 Å². The van der Waals surface area contributed by atoms with E-state index in [1.165, 1.54) is 0 Å². The van der Waals surface area contributed by atoms with Crippen LogP contribution in [0.3, 0.4) is 0 Å². The SMILES string of the molecule is O=C(COC(=O)Cc1ccc2c(c1)OCCO2)Nc1ccc(Oc2ccccc2)cc1. The molecule has 1 aliphatic rings. The van der Waals surface area contributed by atoms with Crippen LogP contribution in [0.15, 0.2) is 72.8 Å². The van der Waals surface area contributed by atoms with E-state index < -0.39 is 11.9 Å². The van der Waals surface area contributed by atoms with Crippen LogP contribution >= 0.6 is 0 Å². The summed E-state index contributed by atoms with van der Waals surface area (Å²) >= 11 is 0. The number of carbonyl (C=O) groups is 2. The van der Waals surface area contributed by atoms with E-state index in [9.17, 15) is 9.59 Å². The molecule has 0 saturated heterocycles. The van der Waals surface area contributed by atoms with Crippen molar-refractivity contribution in [2.24, 2.45) is 0 Å². The summed E-state index contributed by atoms with van der Waals surface area (Å²) in [6, 6.07) is 21.6. The molecule has 0 atom stereocenters. The average Bonchev–Trinajstić information content (AvgIpc) is 2.80. The van der Waals surface area contributed by atoms with Gasteiger partial charge in [-0.2, -0.15) is 0 Å². The third-order valence-electron chi connectivity index (χ3n) is 4.44. The average molecular weight is 419 g/mol. The first-order chi connectivity index (χ1) is 15.2. The molecule has 0 fully saturated rings. The van der Waals surface area contributed by atoms with E-state index in [1.54, 1.807) is 42.5 Å². The lowest BCUT2D eigenvalue weighted by Crippen LogP contribution is -2.21. The Hall–Kier alpha value is -4.00. The molecule has 0 aliphatic carbocycles. The van der Waals surface area contributed by atoms with Gasteiger partial charge in [-0.15, -0.1) is 0 Å². The molecule has 1 amide bonds. The molecular formula is C24H21NO6. The smallest absolute Gasteiger partial charge is 0.310 e. The van der Waals surface area contributed by atoms with Gasteiger partial charge in [0.2, 0.25) is 0 Å². The van der Waals surface area contributed by atoms with E-state index in [0.29, 0.717) is 36.1 Å². The molecule has 0 spiro atoms. The number of carbonyl (C=O) groups excluding carboxylic acids is 2. The van der Waals surface area contributed by atoms with E-state index in [4.69, 9.17) is 18.9 Å². The number of amides is 1. The van der Waals surface area contributed by atoms with Gasteiger partial charge in [0.25, 0.3) is 5.91 Å². The Labute approximate surface area is 179 Å². The fourth-order valence-corrected chi connectivity index (χ4v) is 2.99. The molecule has 1 aliphatic heterocycles. The highest BCUT2D eigenvalue weighted by atomic mass is 16.6. The van der Waals surface area contributed by atoms with Crippen molar-refractivity contribution < 1.29 is 28.5 Å². The van der Waals surface area contributed by atoms with E-state index in [2.05, 4.69) is 5.32 Å². The Morgan fingerprint density at radius 1 is 0.839 bits per heavy atom. The monoisotopic (exact) mass is 419 g/mol. The first-order valence-corrected chi connectivity index (χ1v) is 9.83. The Kier molecular flexibility index (Phi) is 6.32. The number of para-hydroxylation sites is 1. The molecule has 31 heavy (non-hydrogen) atoms. The number of rotatable bonds is 7. The number of esters is 1. The van der Waals surface area contributed by atoms with Crippen molar-refractivity contribution in [1.29, 1.82) is 0 Å². The quantitative estimate of drug-likeness (QED) is 0.584. The summed E-state index contributed by atoms with van der Waals surface area (Å²) in [5.41, 5.74) is 1.30. The zero-order chi connectivity index (χ0) is 21.5. The summed E-state index contributed by atoms with van der Waals surface area (Å²) in [6.45, 7) is 0.609. The fraction of sp³-hybridized carbons (Fsp3) is 0.167. The van der Waals surface area contributed by atoms with E-state index >= 15 is 0 Å². The molecule has 7 nitrogen and oxygen atoms in total. The maximum Gasteiger partial charge on any atom is 0.310 e. The number of ether oxygens (including phenoxy) is 4. The third-order valence-corrected chi connectivity index (χ3v) is 4.44. The van der Waals surface area contributed by atoms with Crippen molar-refractivity contribution in [1.82, 2.24) is 0 Å². The van der Waals surface area contributed by atoms with Crippen LogP contribution < -0.4 is 19.5 Å². The van der Waals surface area contributed by atoms with E-state index in [0.717, 1.165) is 11.3 Å². The molecule has 0 aromatic heterocycles. The lowest BCUT2D eigenvalue weighted by Gasteiger charge is -2.18. The maximum absolute atomic E-state index is 12.1. The summed E-state index contributed by atoms with van der Waals surface area (Å²) in [7, 11) is 0. The molecule has 7 heteroatoms. The molecule has 158 valence electrons. The molecule has 4 rings (SSSR count). The highest BCUT2D eigenvalue weighted by Crippen LogP contribution is 2.31. The predicted octanol–water partition coefficient (Wildman–Crippen LogP) is 3.97. The van der Waals surface area contributed by atoms with Crippen molar-refractivity contribution in [2.45, 2.75) is 6.42 Å². The highest BCUT2D eigenvalue weighted by molar-refractivity contribution is 5.92. The molecule has 1 heterocycles. The lowest BCUT2D eigenvalue weighted by atomic mass is 10.1. The van der Waals surface area contributed by atoms with Gasteiger partial charge in [-0.3, -0.25) is 9.59 Å². The summed E-state index contributed by atoms with van der Waals surface area (Å²) in [4.78, 5) is 24.1. The van der Waals surface area contributed by atoms with Gasteiger partial charge in [0.1, 0.15) is 24.7 Å². The molecule has 1 N–H and O–H groups in total. The molecule has 3 aromatic rings. The van der Waals surface area contributed by atoms with Gasteiger partial charge in [-0.25, -0.2) is 0 Å². The van der Waals surface area contributed by atoms with Crippen LogP contribution in [0.25, 0.3) is 0 Å². The second kappa shape index (κ2) is 9.67. The van der Waals surface area contributed by atoms with Crippen LogP contribution in [0.4, 0.5) is 5.69 Å². The van der Waals surface area contributed by atoms with Gasteiger partial charge in [-0.1, -0.05) is 24.3 Å². The fourth-order valence-electron chi connectivity index (χ4n) is 2.99. The topological polar surface area (TPSA) is 83.1 Å². The molecule has 0 radical (unpaired) electrons. The molecule has 0 bridgehead atoms. The van der Waals surface area contributed by atoms with Crippen molar-refractivity contribution >= 4 is 17.6 Å². The molecule has 0 saturated carbocycles. The van der Waals surface area contributed by atoms with Crippen LogP contribution in [-0.4, -0.2) is 31.7 Å². The summed E-state index contributed by atoms with van der Waals surface area (Å²) in [5, 5.41) is 2.68. The second-order valence-electron chi connectivity index (χ2n) is 6.80. The zero-order valence-corrected chi connectivity index (χ0v) is 16.7. The number of anilines is 1. The number of hydrogen-bond acceptors (Lipinski definition) is 6. The van der Waals surface area contributed by atoms with E-state index in [-0.39, 0.29) is 13.0 Å². The number of fused-ring (bicyclic) bond motifs is 1. The van der Waals surface area contributed by atoms with Gasteiger partial charge in [0.15, 0.2) is 18.1 Å². The van der Waals surface area contributed by atoms with Crippen molar-refractivity contribution in [3.8, 4) is 23.0 Å². The Morgan fingerprint density at radius 3 is 2.32 bits per heavy atom. The zero-order valence-electron chi connectivity index (χ0n) is 16.7. The predicted molar refractivity (Wildman–Crippen MR) is 114 cm³/mol. The van der Waals surface area contributed by atoms with Crippen molar-refractivity contribution in [3.05, 3.63) is 78.4 Å². The Bertz CT molecular complexity index is 1050. The summed E-state index contributed by atoms with van der Waals surface area (Å²) < 4.78 is 21.7. The van der Waals surface area contributed by atoms with Crippen LogP contribution in [0.2, 0.25) is 0 Å². The lowest BCUT2D eigenvalue weighted by molar-refractivity contribution is -0.146. The first kappa shape index (κ1) is 20.3. The molecular weight excluding hydrogens is 398 g/mol. The minimum Gasteiger partial charge on any atom is -0.486 e. The third kappa shape index (κ3) is 5.76. The first-order valence-electron chi connectivity index (χ1n) is 9.83. The molecule has 3 aromatic carbocycles. The van der Waals surface area contributed by atoms with Gasteiger partial charge < -0.3 is 24.3 Å². The van der Waals surface area contributed by atoms with Crippen LogP contribution in [-0.2, 0) is 20.7 Å². The molecule has 0 unspecified atom stereocenters. The minimum absolute atomic E-state index is 0.0371. The van der Waals surface area contributed by atoms with Crippen LogP contribution in [0, 0.1) is 0 Å². The van der Waals surface area contributed by atoms with Crippen molar-refractivity contribution in [2.75, 3.05) is 25.1 Å². The Balaban J connectivity index is 1.23. The minimum atomic E-state index is -0.501. The number of benzene rings is 3. The second-order valence-corrected chi connectivity index (χ2v) is 6.80. The maximum atomic E-state index is 12.1. The standard InChI is InChI=1S/C24H21NO6/c26-23(25-18-7-9-20(10-8-18)31-19-4-2-1-3-5-19)16-30-24(27)15-17-6-11-21-22(14-17)29-13-12-28-21/h1-11,14H,12-13,15-16H2,(H,25,26). The van der Waals surface area contributed by atoms with E-state index in [1.807, 2.05) is 30.3 Å². The summed E-state index contributed by atoms with van der Waals surface area (Å²) in [5.74, 6) is 1.71. The summed E-state index contributed by atoms with van der Waals surface area (Å²) in [6.07, 6.45) is 0.0371. The van der Waals surface area contributed by atoms with Gasteiger partial charge in [-0.05, 0) is 54.1 Å². The van der Waals surface area contributed by atoms with Crippen LogP contribution in [0.5, 0.6) is 23.0 Å². The van der Waals surface area contributed by atoms with Gasteiger partial charge in [0, 0.05) is 5.69 Å². The number of nitrogens with one attached hydrogen (secondary N) is 1. The van der Waals surface area contributed by atoms with Crippen molar-refractivity contribution in [3.63, 3.8) is 0 Å². The van der Waals surface area contributed by atoms with Gasteiger partial charge >= 0.3 is 5.97 Å².